The molecular formula is C31H36O10. The predicted molar refractivity (Wildman–Crippen MR) is 143 cm³/mol. The van der Waals surface area contributed by atoms with Crippen LogP contribution in [0.2, 0.25) is 0 Å². The van der Waals surface area contributed by atoms with Gasteiger partial charge in [0.1, 0.15) is 23.9 Å². The van der Waals surface area contributed by atoms with E-state index in [9.17, 15) is 19.2 Å². The van der Waals surface area contributed by atoms with Crippen LogP contribution in [0.4, 0.5) is 0 Å². The van der Waals surface area contributed by atoms with E-state index in [4.69, 9.17) is 28.1 Å². The third-order valence-corrected chi connectivity index (χ3v) is 9.16. The number of benzene rings is 1. The van der Waals surface area contributed by atoms with Gasteiger partial charge in [-0.15, -0.1) is 0 Å². The monoisotopic (exact) mass is 568 g/mol. The Morgan fingerprint density at radius 2 is 1.49 bits per heavy atom. The zero-order valence-electron chi connectivity index (χ0n) is 24.1. The normalized spacial score (nSPS) is 35.1. The Hall–Kier alpha value is -3.66. The highest BCUT2D eigenvalue weighted by molar-refractivity contribution is 5.89. The summed E-state index contributed by atoms with van der Waals surface area (Å²) in [6, 6.07) is 11.7. The van der Waals surface area contributed by atoms with Crippen LogP contribution >= 0.6 is 0 Å². The highest BCUT2D eigenvalue weighted by atomic mass is 16.6. The molecule has 5 rings (SSSR count). The molecule has 2 saturated carbocycles. The minimum Gasteiger partial charge on any atom is -0.459 e. The lowest BCUT2D eigenvalue weighted by molar-refractivity contribution is -0.302. The van der Waals surface area contributed by atoms with Gasteiger partial charge in [0.25, 0.3) is 0 Å². The van der Waals surface area contributed by atoms with E-state index >= 15 is 0 Å². The first-order valence-corrected chi connectivity index (χ1v) is 13.9. The smallest absolute Gasteiger partial charge is 0.374 e. The fourth-order valence-corrected chi connectivity index (χ4v) is 7.51. The summed E-state index contributed by atoms with van der Waals surface area (Å²) < 4.78 is 36.4. The molecule has 1 aromatic heterocycles. The van der Waals surface area contributed by atoms with Gasteiger partial charge in [0.2, 0.25) is 5.76 Å². The maximum Gasteiger partial charge on any atom is 0.374 e. The van der Waals surface area contributed by atoms with Crippen molar-refractivity contribution in [2.45, 2.75) is 90.0 Å². The van der Waals surface area contributed by atoms with Crippen LogP contribution in [0, 0.1) is 17.3 Å². The van der Waals surface area contributed by atoms with Gasteiger partial charge < -0.3 is 28.1 Å². The summed E-state index contributed by atoms with van der Waals surface area (Å²) in [5.74, 6) is -3.11. The van der Waals surface area contributed by atoms with E-state index in [1.165, 1.54) is 26.2 Å². The van der Waals surface area contributed by atoms with Crippen molar-refractivity contribution in [3.8, 4) is 0 Å². The van der Waals surface area contributed by atoms with Crippen molar-refractivity contribution in [2.75, 3.05) is 0 Å². The number of furan rings is 1. The van der Waals surface area contributed by atoms with Crippen molar-refractivity contribution >= 4 is 23.9 Å². The Labute approximate surface area is 238 Å². The molecule has 1 aliphatic heterocycles. The van der Waals surface area contributed by atoms with E-state index in [0.717, 1.165) is 0 Å². The topological polar surface area (TPSA) is 128 Å². The molecule has 10 nitrogen and oxygen atoms in total. The van der Waals surface area contributed by atoms with E-state index in [1.54, 1.807) is 43.3 Å². The Kier molecular flexibility index (Phi) is 7.26. The van der Waals surface area contributed by atoms with Crippen LogP contribution in [-0.2, 0) is 33.3 Å². The minimum atomic E-state index is -1.31. The van der Waals surface area contributed by atoms with Crippen LogP contribution in [0.15, 0.2) is 53.1 Å². The summed E-state index contributed by atoms with van der Waals surface area (Å²) in [7, 11) is 0. The zero-order chi connectivity index (χ0) is 29.7. The Balaban J connectivity index is 1.66. The van der Waals surface area contributed by atoms with Crippen molar-refractivity contribution in [3.05, 3.63) is 60.1 Å². The van der Waals surface area contributed by atoms with Crippen LogP contribution in [0.5, 0.6) is 0 Å². The summed E-state index contributed by atoms with van der Waals surface area (Å²) in [6.45, 7) is 10.1. The first-order chi connectivity index (χ1) is 19.3. The summed E-state index contributed by atoms with van der Waals surface area (Å²) >= 11 is 0. The quantitative estimate of drug-likeness (QED) is 0.363. The van der Waals surface area contributed by atoms with E-state index in [0.29, 0.717) is 5.56 Å². The highest BCUT2D eigenvalue weighted by Crippen LogP contribution is 2.68. The first kappa shape index (κ1) is 28.9. The van der Waals surface area contributed by atoms with Gasteiger partial charge in [-0.1, -0.05) is 25.1 Å². The van der Waals surface area contributed by atoms with Gasteiger partial charge in [-0.05, 0) is 63.8 Å². The molecule has 0 amide bonds. The molecule has 0 unspecified atom stereocenters. The predicted octanol–water partition coefficient (Wildman–Crippen LogP) is 4.51. The van der Waals surface area contributed by atoms with Gasteiger partial charge in [-0.25, -0.2) is 9.59 Å². The second-order valence-electron chi connectivity index (χ2n) is 12.0. The fraction of sp³-hybridized carbons (Fsp3) is 0.548. The van der Waals surface area contributed by atoms with Crippen LogP contribution in [0.3, 0.4) is 0 Å². The van der Waals surface area contributed by atoms with Gasteiger partial charge in [-0.2, -0.15) is 0 Å². The number of esters is 4. The number of hydrogen-bond acceptors (Lipinski definition) is 10. The van der Waals surface area contributed by atoms with Gasteiger partial charge in [0, 0.05) is 19.8 Å². The molecule has 3 fully saturated rings. The molecule has 1 aromatic carbocycles. The van der Waals surface area contributed by atoms with Crippen LogP contribution in [0.1, 0.15) is 75.3 Å². The molecule has 1 saturated heterocycles. The number of hydrogen-bond donors (Lipinski definition) is 0. The molecule has 2 heterocycles. The van der Waals surface area contributed by atoms with Gasteiger partial charge in [0.15, 0.2) is 6.10 Å². The number of carbonyl (C=O) groups is 4. The van der Waals surface area contributed by atoms with Crippen LogP contribution in [0.25, 0.3) is 0 Å². The fourth-order valence-electron chi connectivity index (χ4n) is 7.51. The maximum absolute atomic E-state index is 13.5. The van der Waals surface area contributed by atoms with Crippen molar-refractivity contribution in [2.24, 2.45) is 17.3 Å². The minimum absolute atomic E-state index is 0.0377. The number of ether oxygens (including phenoxy) is 5. The molecule has 41 heavy (non-hydrogen) atoms. The Morgan fingerprint density at radius 1 is 0.805 bits per heavy atom. The lowest BCUT2D eigenvalue weighted by atomic mass is 9.48. The lowest BCUT2D eigenvalue weighted by Gasteiger charge is -2.62. The molecule has 0 N–H and O–H groups in total. The average Bonchev–Trinajstić information content (AvgIpc) is 3.50. The summed E-state index contributed by atoms with van der Waals surface area (Å²) in [6.07, 6.45) is -1.73. The standard InChI is InChI=1S/C31H36O10/c1-17-15-23(37-18(2)32)26(38-19(3)33)30(6)24(39-27(34)20-11-8-7-9-12-20)16-21-25(31(17,30)41-29(21,4)5)40-28(35)22-13-10-14-36-22/h7-14,17,21,23-26H,15-16H2,1-6H3/t17-,21-,23-,24+,25-,26+,30-,31-/m1/s1. The van der Waals surface area contributed by atoms with E-state index in [2.05, 4.69) is 0 Å². The molecular weight excluding hydrogens is 532 g/mol. The Morgan fingerprint density at radius 3 is 2.10 bits per heavy atom. The van der Waals surface area contributed by atoms with Gasteiger partial charge in [0.05, 0.1) is 22.8 Å². The number of rotatable bonds is 6. The average molecular weight is 569 g/mol. The SMILES string of the molecule is CC(=O)O[C@@H]1C[C@@H](C)[C@]23OC(C)(C)[C@H](C[C@H](OC(=O)c4ccccc4)[C@]2(C)[C@H]1OC(C)=O)[C@H]3OC(=O)c1ccco1. The molecule has 10 heteroatoms. The molecule has 2 aromatic rings. The van der Waals surface area contributed by atoms with Gasteiger partial charge in [-0.3, -0.25) is 9.59 Å². The van der Waals surface area contributed by atoms with E-state index in [-0.39, 0.29) is 24.5 Å². The third-order valence-electron chi connectivity index (χ3n) is 9.16. The van der Waals surface area contributed by atoms with Gasteiger partial charge >= 0.3 is 23.9 Å². The largest absolute Gasteiger partial charge is 0.459 e. The maximum atomic E-state index is 13.5. The molecule has 8 atom stereocenters. The van der Waals surface area contributed by atoms with Crippen LogP contribution < -0.4 is 0 Å². The third kappa shape index (κ3) is 4.62. The summed E-state index contributed by atoms with van der Waals surface area (Å²) in [5, 5.41) is 0. The molecule has 1 spiro atoms. The van der Waals surface area contributed by atoms with Crippen LogP contribution in [-0.4, -0.2) is 59.5 Å². The first-order valence-electron chi connectivity index (χ1n) is 13.9. The summed E-state index contributed by atoms with van der Waals surface area (Å²) in [5.41, 5.74) is -3.07. The number of fused-ring (bicyclic) bond motifs is 1. The van der Waals surface area contributed by atoms with Crippen molar-refractivity contribution < 1.29 is 47.3 Å². The second kappa shape index (κ2) is 10.3. The second-order valence-corrected chi connectivity index (χ2v) is 12.0. The number of carbonyl (C=O) groups excluding carboxylic acids is 4. The Bertz CT molecular complexity index is 1320. The van der Waals surface area contributed by atoms with Crippen molar-refractivity contribution in [1.82, 2.24) is 0 Å². The van der Waals surface area contributed by atoms with Crippen molar-refractivity contribution in [3.63, 3.8) is 0 Å². The molecule has 220 valence electrons. The van der Waals surface area contributed by atoms with Crippen molar-refractivity contribution in [1.29, 1.82) is 0 Å². The molecule has 3 aliphatic rings. The zero-order valence-corrected chi connectivity index (χ0v) is 24.1. The lowest BCUT2D eigenvalue weighted by Crippen LogP contribution is -2.76. The van der Waals surface area contributed by atoms with E-state index < -0.39 is 70.8 Å². The molecule has 2 bridgehead atoms. The van der Waals surface area contributed by atoms with E-state index in [1.807, 2.05) is 20.8 Å². The molecule has 0 radical (unpaired) electrons. The molecule has 2 aliphatic carbocycles. The summed E-state index contributed by atoms with van der Waals surface area (Å²) in [4.78, 5) is 51.5. The highest BCUT2D eigenvalue weighted by Gasteiger charge is 2.80.